The maximum absolute atomic E-state index is 12.5. The number of fused-ring (bicyclic) bond motifs is 2. The average molecular weight is 455 g/mol. The molecule has 0 spiro atoms. The van der Waals surface area contributed by atoms with E-state index < -0.39 is 12.1 Å². The van der Waals surface area contributed by atoms with Crippen LogP contribution in [0, 0.1) is 11.8 Å². The minimum Gasteiger partial charge on any atom is -0.475 e. The first-order chi connectivity index (χ1) is 15.2. The normalized spacial score (nSPS) is 22.8. The number of nitrogens with zero attached hydrogens (tertiary/aromatic N) is 4. The van der Waals surface area contributed by atoms with Gasteiger partial charge < -0.3 is 19.4 Å². The summed E-state index contributed by atoms with van der Waals surface area (Å²) in [6.07, 6.45) is 2.75. The van der Waals surface area contributed by atoms with Gasteiger partial charge in [-0.05, 0) is 37.2 Å². The van der Waals surface area contributed by atoms with Crippen LogP contribution in [0.1, 0.15) is 41.3 Å². The first-order valence-electron chi connectivity index (χ1n) is 10.5. The topological polar surface area (TPSA) is 113 Å². The van der Waals surface area contributed by atoms with Gasteiger partial charge in [0.05, 0.1) is 12.5 Å². The number of hydrogen-bond donors (Lipinski definition) is 2. The lowest BCUT2D eigenvalue weighted by Crippen LogP contribution is -2.41. The van der Waals surface area contributed by atoms with Crippen molar-refractivity contribution in [3.63, 3.8) is 0 Å². The summed E-state index contributed by atoms with van der Waals surface area (Å²) >= 11 is 0. The molecule has 1 aliphatic carbocycles. The summed E-state index contributed by atoms with van der Waals surface area (Å²) in [6.45, 7) is 3.91. The van der Waals surface area contributed by atoms with Gasteiger partial charge in [0.25, 0.3) is 5.91 Å². The SMILES string of the molecule is O=C(NC1CCC1)c1nnc2n1CC1CN(Cc3ccoc3)CC1C2.O=C(O)C(F)(F)F. The number of carboxylic acids is 1. The van der Waals surface area contributed by atoms with E-state index in [2.05, 4.69) is 25.0 Å². The van der Waals surface area contributed by atoms with Crippen molar-refractivity contribution in [1.82, 2.24) is 25.0 Å². The van der Waals surface area contributed by atoms with Gasteiger partial charge in [0, 0.05) is 44.2 Å². The standard InChI is InChI=1S/C18H23N5O2.C2HF3O2/c24-18(19-15-2-1-3-15)17-21-20-16-6-13-8-22(7-12-4-5-25-11-12)9-14(13)10-23(16)17;3-2(4,5)1(6)7/h4-5,11,13-15H,1-3,6-10H2,(H,19,24);(H,6,7). The Balaban J connectivity index is 0.000000307. The van der Waals surface area contributed by atoms with Crippen LogP contribution in [-0.2, 0) is 24.3 Å². The van der Waals surface area contributed by atoms with E-state index in [-0.39, 0.29) is 5.91 Å². The van der Waals surface area contributed by atoms with E-state index in [0.29, 0.717) is 23.7 Å². The van der Waals surface area contributed by atoms with Crippen molar-refractivity contribution < 1.29 is 32.3 Å². The van der Waals surface area contributed by atoms with Gasteiger partial charge in [-0.3, -0.25) is 9.69 Å². The fraction of sp³-hybridized carbons (Fsp3) is 0.600. The van der Waals surface area contributed by atoms with E-state index in [0.717, 1.165) is 51.3 Å². The molecule has 2 atom stereocenters. The van der Waals surface area contributed by atoms with Gasteiger partial charge in [-0.1, -0.05) is 0 Å². The van der Waals surface area contributed by atoms with E-state index in [1.807, 2.05) is 12.3 Å². The zero-order valence-electron chi connectivity index (χ0n) is 17.2. The Kier molecular flexibility index (Phi) is 6.22. The lowest BCUT2D eigenvalue weighted by molar-refractivity contribution is -0.192. The molecule has 0 radical (unpaired) electrons. The van der Waals surface area contributed by atoms with Crippen molar-refractivity contribution in [3.8, 4) is 0 Å². The first-order valence-corrected chi connectivity index (χ1v) is 10.5. The molecule has 1 amide bonds. The second-order valence-corrected chi connectivity index (χ2v) is 8.50. The molecular formula is C20H24F3N5O4. The van der Waals surface area contributed by atoms with Crippen molar-refractivity contribution in [3.05, 3.63) is 35.8 Å². The molecule has 174 valence electrons. The third-order valence-corrected chi connectivity index (χ3v) is 6.21. The van der Waals surface area contributed by atoms with Crippen LogP contribution in [0.4, 0.5) is 13.2 Å². The summed E-state index contributed by atoms with van der Waals surface area (Å²) < 4.78 is 39.0. The van der Waals surface area contributed by atoms with Gasteiger partial charge >= 0.3 is 12.1 Å². The van der Waals surface area contributed by atoms with E-state index in [1.165, 1.54) is 12.0 Å². The summed E-state index contributed by atoms with van der Waals surface area (Å²) in [5.41, 5.74) is 1.22. The number of amides is 1. The van der Waals surface area contributed by atoms with Crippen molar-refractivity contribution in [2.45, 2.75) is 51.0 Å². The molecule has 3 aliphatic rings. The molecule has 32 heavy (non-hydrogen) atoms. The molecular weight excluding hydrogens is 431 g/mol. The molecule has 2 unspecified atom stereocenters. The molecule has 9 nitrogen and oxygen atoms in total. The van der Waals surface area contributed by atoms with Gasteiger partial charge in [0.15, 0.2) is 0 Å². The summed E-state index contributed by atoms with van der Waals surface area (Å²) in [7, 11) is 0. The van der Waals surface area contributed by atoms with Crippen LogP contribution in [0.5, 0.6) is 0 Å². The molecule has 5 rings (SSSR count). The van der Waals surface area contributed by atoms with Gasteiger partial charge in [-0.15, -0.1) is 10.2 Å². The molecule has 1 saturated heterocycles. The lowest BCUT2D eigenvalue weighted by atomic mass is 9.89. The Morgan fingerprint density at radius 3 is 2.50 bits per heavy atom. The summed E-state index contributed by atoms with van der Waals surface area (Å²) in [6, 6.07) is 2.36. The molecule has 2 N–H and O–H groups in total. The van der Waals surface area contributed by atoms with Crippen molar-refractivity contribution in [2.24, 2.45) is 11.8 Å². The molecule has 12 heteroatoms. The van der Waals surface area contributed by atoms with Crippen molar-refractivity contribution in [1.29, 1.82) is 0 Å². The van der Waals surface area contributed by atoms with E-state index >= 15 is 0 Å². The number of hydrogen-bond acceptors (Lipinski definition) is 6. The largest absolute Gasteiger partial charge is 0.490 e. The minimum absolute atomic E-state index is 0.0600. The Morgan fingerprint density at radius 1 is 1.19 bits per heavy atom. The third kappa shape index (κ3) is 4.95. The maximum atomic E-state index is 12.5. The Labute approximate surface area is 181 Å². The molecule has 0 aromatic carbocycles. The van der Waals surface area contributed by atoms with Crippen LogP contribution in [0.25, 0.3) is 0 Å². The number of rotatable bonds is 4. The predicted octanol–water partition coefficient (Wildman–Crippen LogP) is 2.09. The smallest absolute Gasteiger partial charge is 0.475 e. The van der Waals surface area contributed by atoms with Crippen molar-refractivity contribution >= 4 is 11.9 Å². The number of aromatic nitrogens is 3. The van der Waals surface area contributed by atoms with Crippen LogP contribution in [0.2, 0.25) is 0 Å². The van der Waals surface area contributed by atoms with Crippen LogP contribution in [0.15, 0.2) is 23.0 Å². The predicted molar refractivity (Wildman–Crippen MR) is 103 cm³/mol. The highest BCUT2D eigenvalue weighted by atomic mass is 19.4. The first kappa shape index (κ1) is 22.3. The summed E-state index contributed by atoms with van der Waals surface area (Å²) in [5, 5.41) is 18.7. The van der Waals surface area contributed by atoms with Crippen LogP contribution in [-0.4, -0.2) is 62.0 Å². The zero-order chi connectivity index (χ0) is 22.9. The second-order valence-electron chi connectivity index (χ2n) is 8.50. The number of carboxylic acid groups (broad SMARTS) is 1. The summed E-state index contributed by atoms with van der Waals surface area (Å²) in [5.74, 6) is -0.196. The van der Waals surface area contributed by atoms with Crippen LogP contribution >= 0.6 is 0 Å². The molecule has 2 aromatic heterocycles. The molecule has 0 bridgehead atoms. The number of likely N-dealkylation sites (tertiary alicyclic amines) is 1. The zero-order valence-corrected chi connectivity index (χ0v) is 17.2. The fourth-order valence-electron chi connectivity index (χ4n) is 4.36. The van der Waals surface area contributed by atoms with E-state index in [9.17, 15) is 18.0 Å². The highest BCUT2D eigenvalue weighted by Gasteiger charge is 2.39. The van der Waals surface area contributed by atoms with Gasteiger partial charge in [0.2, 0.25) is 5.82 Å². The monoisotopic (exact) mass is 455 g/mol. The molecule has 4 heterocycles. The molecule has 2 aromatic rings. The number of carbonyl (C=O) groups excluding carboxylic acids is 1. The van der Waals surface area contributed by atoms with Gasteiger partial charge in [0.1, 0.15) is 5.82 Å². The van der Waals surface area contributed by atoms with Gasteiger partial charge in [-0.25, -0.2) is 4.79 Å². The van der Waals surface area contributed by atoms with E-state index in [1.54, 1.807) is 6.26 Å². The average Bonchev–Trinajstić information content (AvgIpc) is 3.41. The van der Waals surface area contributed by atoms with Gasteiger partial charge in [-0.2, -0.15) is 13.2 Å². The highest BCUT2D eigenvalue weighted by Crippen LogP contribution is 2.33. The number of nitrogens with one attached hydrogen (secondary N) is 1. The Morgan fingerprint density at radius 2 is 1.91 bits per heavy atom. The van der Waals surface area contributed by atoms with Crippen LogP contribution in [0.3, 0.4) is 0 Å². The molecule has 2 fully saturated rings. The maximum Gasteiger partial charge on any atom is 0.490 e. The second kappa shape index (κ2) is 8.93. The number of aliphatic carboxylic acids is 1. The number of carbonyl (C=O) groups is 2. The molecule has 2 aliphatic heterocycles. The summed E-state index contributed by atoms with van der Waals surface area (Å²) in [4.78, 5) is 23.9. The minimum atomic E-state index is -5.08. The third-order valence-electron chi connectivity index (χ3n) is 6.21. The highest BCUT2D eigenvalue weighted by molar-refractivity contribution is 5.91. The van der Waals surface area contributed by atoms with Crippen molar-refractivity contribution in [2.75, 3.05) is 13.1 Å². The van der Waals surface area contributed by atoms with Crippen LogP contribution < -0.4 is 5.32 Å². The number of alkyl halides is 3. The Bertz CT molecular complexity index is 955. The fourth-order valence-corrected chi connectivity index (χ4v) is 4.36. The van der Waals surface area contributed by atoms with E-state index in [4.69, 9.17) is 14.3 Å². The number of halogens is 3. The quantitative estimate of drug-likeness (QED) is 0.726. The number of furan rings is 1. The molecule has 1 saturated carbocycles. The lowest BCUT2D eigenvalue weighted by Gasteiger charge is -2.28. The Hall–Kier alpha value is -2.89.